The summed E-state index contributed by atoms with van der Waals surface area (Å²) >= 11 is 0. The standard InChI is InChI=1S/C17H23NO3/c1-13(16(19)15-10-6-3-7-11-15)18-17(20)21-12-14-8-4-2-5-9-14/h2,4-5,8-9,13,15H,3,6-7,10-12H2,1H3,(H,18,20). The second-order valence-electron chi connectivity index (χ2n) is 5.67. The number of nitrogens with one attached hydrogen (secondary N) is 1. The fourth-order valence-corrected chi connectivity index (χ4v) is 2.75. The van der Waals surface area contributed by atoms with E-state index in [4.69, 9.17) is 4.74 Å². The molecule has 0 radical (unpaired) electrons. The molecule has 2 rings (SSSR count). The van der Waals surface area contributed by atoms with E-state index in [1.807, 2.05) is 30.3 Å². The first-order chi connectivity index (χ1) is 10.2. The molecule has 1 saturated carbocycles. The van der Waals surface area contributed by atoms with Crippen molar-refractivity contribution < 1.29 is 14.3 Å². The van der Waals surface area contributed by atoms with Crippen molar-refractivity contribution >= 4 is 11.9 Å². The van der Waals surface area contributed by atoms with Crippen LogP contribution in [0.1, 0.15) is 44.6 Å². The molecule has 1 atom stereocenters. The first kappa shape index (κ1) is 15.5. The summed E-state index contributed by atoms with van der Waals surface area (Å²) in [5, 5.41) is 2.64. The van der Waals surface area contributed by atoms with Crippen molar-refractivity contribution in [1.82, 2.24) is 5.32 Å². The van der Waals surface area contributed by atoms with E-state index in [0.717, 1.165) is 31.2 Å². The number of carbonyl (C=O) groups is 2. The second-order valence-corrected chi connectivity index (χ2v) is 5.67. The molecule has 4 nitrogen and oxygen atoms in total. The topological polar surface area (TPSA) is 55.4 Å². The van der Waals surface area contributed by atoms with Crippen LogP contribution in [0.2, 0.25) is 0 Å². The first-order valence-electron chi connectivity index (χ1n) is 7.68. The Hall–Kier alpha value is -1.84. The largest absolute Gasteiger partial charge is 0.445 e. The van der Waals surface area contributed by atoms with Crippen LogP contribution < -0.4 is 5.32 Å². The number of hydrogen-bond acceptors (Lipinski definition) is 3. The monoisotopic (exact) mass is 289 g/mol. The van der Waals surface area contributed by atoms with E-state index in [1.165, 1.54) is 6.42 Å². The predicted octanol–water partition coefficient (Wildman–Crippen LogP) is 3.45. The molecular formula is C17H23NO3. The summed E-state index contributed by atoms with van der Waals surface area (Å²) in [5.41, 5.74) is 0.930. The third-order valence-corrected chi connectivity index (χ3v) is 3.98. The Morgan fingerprint density at radius 3 is 2.52 bits per heavy atom. The molecule has 1 unspecified atom stereocenters. The molecule has 1 N–H and O–H groups in total. The molecule has 1 aliphatic rings. The maximum atomic E-state index is 12.2. The molecule has 0 heterocycles. The van der Waals surface area contributed by atoms with Crippen LogP contribution in [-0.2, 0) is 16.1 Å². The van der Waals surface area contributed by atoms with Crippen molar-refractivity contribution in [2.45, 2.75) is 51.7 Å². The van der Waals surface area contributed by atoms with Gasteiger partial charge in [-0.2, -0.15) is 0 Å². The molecule has 1 aliphatic carbocycles. The molecule has 1 amide bonds. The van der Waals surface area contributed by atoms with Crippen LogP contribution in [0.25, 0.3) is 0 Å². The lowest BCUT2D eigenvalue weighted by molar-refractivity contribution is -0.125. The van der Waals surface area contributed by atoms with E-state index in [-0.39, 0.29) is 18.3 Å². The van der Waals surface area contributed by atoms with Gasteiger partial charge in [-0.25, -0.2) is 4.79 Å². The number of ketones is 1. The molecule has 1 fully saturated rings. The fraction of sp³-hybridized carbons (Fsp3) is 0.529. The van der Waals surface area contributed by atoms with Crippen LogP contribution in [0, 0.1) is 5.92 Å². The average Bonchev–Trinajstić information content (AvgIpc) is 2.54. The highest BCUT2D eigenvalue weighted by molar-refractivity contribution is 5.88. The third-order valence-electron chi connectivity index (χ3n) is 3.98. The van der Waals surface area contributed by atoms with Crippen LogP contribution in [-0.4, -0.2) is 17.9 Å². The van der Waals surface area contributed by atoms with Gasteiger partial charge in [0.15, 0.2) is 5.78 Å². The Morgan fingerprint density at radius 2 is 1.86 bits per heavy atom. The zero-order chi connectivity index (χ0) is 15.1. The van der Waals surface area contributed by atoms with Crippen molar-refractivity contribution in [2.24, 2.45) is 5.92 Å². The first-order valence-corrected chi connectivity index (χ1v) is 7.68. The number of amides is 1. The molecule has 114 valence electrons. The van der Waals surface area contributed by atoms with Crippen molar-refractivity contribution in [1.29, 1.82) is 0 Å². The summed E-state index contributed by atoms with van der Waals surface area (Å²) in [5.74, 6) is 0.231. The number of alkyl carbamates (subject to hydrolysis) is 1. The summed E-state index contributed by atoms with van der Waals surface area (Å²) in [6, 6.07) is 9.01. The van der Waals surface area contributed by atoms with E-state index in [1.54, 1.807) is 6.92 Å². The van der Waals surface area contributed by atoms with Gasteiger partial charge < -0.3 is 10.1 Å². The summed E-state index contributed by atoms with van der Waals surface area (Å²) in [4.78, 5) is 24.0. The van der Waals surface area contributed by atoms with Gasteiger partial charge in [-0.1, -0.05) is 49.6 Å². The Kier molecular flexibility index (Phi) is 5.78. The molecule has 0 aliphatic heterocycles. The van der Waals surface area contributed by atoms with Crippen LogP contribution in [0.3, 0.4) is 0 Å². The molecule has 1 aromatic rings. The minimum atomic E-state index is -0.532. The van der Waals surface area contributed by atoms with E-state index in [0.29, 0.717) is 0 Å². The highest BCUT2D eigenvalue weighted by Gasteiger charge is 2.26. The normalized spacial score (nSPS) is 17.0. The van der Waals surface area contributed by atoms with Gasteiger partial charge in [0.1, 0.15) is 6.61 Å². The number of rotatable bonds is 5. The molecule has 1 aromatic carbocycles. The van der Waals surface area contributed by atoms with Crippen molar-refractivity contribution in [3.8, 4) is 0 Å². The van der Waals surface area contributed by atoms with Gasteiger partial charge in [-0.3, -0.25) is 4.79 Å². The maximum Gasteiger partial charge on any atom is 0.408 e. The average molecular weight is 289 g/mol. The molecule has 0 aromatic heterocycles. The summed E-state index contributed by atoms with van der Waals surface area (Å²) in [6.07, 6.45) is 4.80. The lowest BCUT2D eigenvalue weighted by Crippen LogP contribution is -2.42. The Bertz CT molecular complexity index is 466. The van der Waals surface area contributed by atoms with Gasteiger partial charge in [0, 0.05) is 5.92 Å². The van der Waals surface area contributed by atoms with Crippen LogP contribution >= 0.6 is 0 Å². The smallest absolute Gasteiger partial charge is 0.408 e. The molecule has 0 bridgehead atoms. The summed E-state index contributed by atoms with van der Waals surface area (Å²) in [6.45, 7) is 1.96. The molecule has 0 spiro atoms. The molecule has 21 heavy (non-hydrogen) atoms. The van der Waals surface area contributed by atoms with Gasteiger partial charge >= 0.3 is 6.09 Å². The summed E-state index contributed by atoms with van der Waals surface area (Å²) in [7, 11) is 0. The maximum absolute atomic E-state index is 12.2. The van der Waals surface area contributed by atoms with Crippen LogP contribution in [0.4, 0.5) is 4.79 Å². The number of benzene rings is 1. The highest BCUT2D eigenvalue weighted by Crippen LogP contribution is 2.25. The van der Waals surface area contributed by atoms with Crippen LogP contribution in [0.15, 0.2) is 30.3 Å². The number of hydrogen-bond donors (Lipinski definition) is 1. The van der Waals surface area contributed by atoms with Crippen molar-refractivity contribution in [3.05, 3.63) is 35.9 Å². The number of Topliss-reactive ketones (excluding diaryl/α,β-unsaturated/α-hetero) is 1. The molecule has 0 saturated heterocycles. The van der Waals surface area contributed by atoms with Crippen molar-refractivity contribution in [3.63, 3.8) is 0 Å². The zero-order valence-electron chi connectivity index (χ0n) is 12.5. The van der Waals surface area contributed by atoms with Gasteiger partial charge in [-0.15, -0.1) is 0 Å². The van der Waals surface area contributed by atoms with E-state index < -0.39 is 12.1 Å². The lowest BCUT2D eigenvalue weighted by atomic mass is 9.84. The minimum Gasteiger partial charge on any atom is -0.445 e. The Balaban J connectivity index is 1.74. The SMILES string of the molecule is CC(NC(=O)OCc1ccccc1)C(=O)C1CCCCC1. The van der Waals surface area contributed by atoms with E-state index >= 15 is 0 Å². The molecule has 4 heteroatoms. The predicted molar refractivity (Wildman–Crippen MR) is 80.8 cm³/mol. The fourth-order valence-electron chi connectivity index (χ4n) is 2.75. The molecular weight excluding hydrogens is 266 g/mol. The highest BCUT2D eigenvalue weighted by atomic mass is 16.5. The minimum absolute atomic E-state index is 0.100. The van der Waals surface area contributed by atoms with Gasteiger partial charge in [-0.05, 0) is 25.3 Å². The van der Waals surface area contributed by atoms with Gasteiger partial charge in [0.2, 0.25) is 0 Å². The quantitative estimate of drug-likeness (QED) is 0.903. The lowest BCUT2D eigenvalue weighted by Gasteiger charge is -2.23. The Morgan fingerprint density at radius 1 is 1.19 bits per heavy atom. The van der Waals surface area contributed by atoms with Gasteiger partial charge in [0.25, 0.3) is 0 Å². The number of carbonyl (C=O) groups excluding carboxylic acids is 2. The second kappa shape index (κ2) is 7.81. The Labute approximate surface area is 125 Å². The van der Waals surface area contributed by atoms with E-state index in [2.05, 4.69) is 5.32 Å². The van der Waals surface area contributed by atoms with Gasteiger partial charge in [0.05, 0.1) is 6.04 Å². The third kappa shape index (κ3) is 4.88. The van der Waals surface area contributed by atoms with Crippen molar-refractivity contribution in [2.75, 3.05) is 0 Å². The number of ether oxygens (including phenoxy) is 1. The summed E-state index contributed by atoms with van der Waals surface area (Å²) < 4.78 is 5.13. The van der Waals surface area contributed by atoms with E-state index in [9.17, 15) is 9.59 Å². The van der Waals surface area contributed by atoms with Crippen LogP contribution in [0.5, 0.6) is 0 Å². The zero-order valence-corrected chi connectivity index (χ0v) is 12.5.